The van der Waals surface area contributed by atoms with Crippen LogP contribution in [0.25, 0.3) is 0 Å². The Morgan fingerprint density at radius 2 is 1.93 bits per heavy atom. The Kier molecular flexibility index (Phi) is 14.0. The number of hydrogen-bond acceptors (Lipinski definition) is 9. The first-order valence-corrected chi connectivity index (χ1v) is 15.0. The predicted molar refractivity (Wildman–Crippen MR) is 162 cm³/mol. The highest BCUT2D eigenvalue weighted by Gasteiger charge is 2.31. The van der Waals surface area contributed by atoms with E-state index in [9.17, 15) is 20.4 Å². The van der Waals surface area contributed by atoms with Gasteiger partial charge in [0.1, 0.15) is 12.2 Å². The Hall–Kier alpha value is -2.53. The van der Waals surface area contributed by atoms with Crippen molar-refractivity contribution in [2.45, 2.75) is 83.5 Å². The SMILES string of the molecule is CC(O)CNCC(C)C1=C[C+](C(O)COc2cc(CC[C-]3C=C(CO)C(CCCCCCCN)O3)ccc2O)N=C1. The van der Waals surface area contributed by atoms with E-state index in [1.165, 1.54) is 6.42 Å². The Labute approximate surface area is 245 Å². The molecular weight excluding hydrogens is 522 g/mol. The number of aliphatic hydroxyl groups is 3. The highest BCUT2D eigenvalue weighted by Crippen LogP contribution is 2.33. The van der Waals surface area contributed by atoms with Crippen LogP contribution < -0.4 is 15.8 Å². The van der Waals surface area contributed by atoms with Crippen LogP contribution in [0.3, 0.4) is 0 Å². The maximum absolute atomic E-state index is 10.7. The molecule has 9 nitrogen and oxygen atoms in total. The van der Waals surface area contributed by atoms with Crippen LogP contribution in [0.5, 0.6) is 11.5 Å². The van der Waals surface area contributed by atoms with Crippen molar-refractivity contribution in [1.82, 2.24) is 5.32 Å². The van der Waals surface area contributed by atoms with E-state index in [1.54, 1.807) is 25.3 Å². The third-order valence-electron chi connectivity index (χ3n) is 7.47. The molecule has 1 aromatic carbocycles. The summed E-state index contributed by atoms with van der Waals surface area (Å²) in [6.07, 6.45) is 12.9. The van der Waals surface area contributed by atoms with Crippen molar-refractivity contribution in [2.75, 3.05) is 32.8 Å². The van der Waals surface area contributed by atoms with Crippen molar-refractivity contribution in [3.05, 3.63) is 59.2 Å². The van der Waals surface area contributed by atoms with Crippen molar-refractivity contribution in [3.8, 4) is 11.5 Å². The summed E-state index contributed by atoms with van der Waals surface area (Å²) < 4.78 is 11.9. The van der Waals surface area contributed by atoms with Gasteiger partial charge in [-0.1, -0.05) is 44.3 Å². The Balaban J connectivity index is 1.44. The molecule has 0 aromatic heterocycles. The van der Waals surface area contributed by atoms with Gasteiger partial charge < -0.3 is 41.0 Å². The molecule has 0 amide bonds. The second-order valence-electron chi connectivity index (χ2n) is 11.2. The van der Waals surface area contributed by atoms with E-state index in [0.717, 1.165) is 61.5 Å². The molecule has 0 radical (unpaired) electrons. The smallest absolute Gasteiger partial charge is 0.181 e. The summed E-state index contributed by atoms with van der Waals surface area (Å²) in [6.45, 7) is 5.72. The average Bonchev–Trinajstić information content (AvgIpc) is 3.61. The average molecular weight is 572 g/mol. The molecule has 2 aliphatic heterocycles. The minimum atomic E-state index is -0.938. The summed E-state index contributed by atoms with van der Waals surface area (Å²) in [5.41, 5.74) is 8.46. The number of phenols is 1. The van der Waals surface area contributed by atoms with E-state index in [2.05, 4.69) is 17.2 Å². The molecule has 228 valence electrons. The zero-order valence-electron chi connectivity index (χ0n) is 24.6. The fourth-order valence-electron chi connectivity index (χ4n) is 4.94. The number of hydrogen-bond donors (Lipinski definition) is 6. The summed E-state index contributed by atoms with van der Waals surface area (Å²) in [6, 6.07) is 5.75. The number of phenolic OH excluding ortho intramolecular Hbond substituents is 1. The third-order valence-corrected chi connectivity index (χ3v) is 7.47. The minimum Gasteiger partial charge on any atom is -0.504 e. The summed E-state index contributed by atoms with van der Waals surface area (Å²) >= 11 is 0. The van der Waals surface area contributed by atoms with Crippen LogP contribution in [0.1, 0.15) is 64.4 Å². The number of nitrogens with one attached hydrogen (secondary N) is 1. The number of aromatic hydroxyl groups is 1. The maximum atomic E-state index is 10.7. The molecular formula is C32H49N3O6. The number of nitrogens with zero attached hydrogens (tertiary/aromatic N) is 1. The normalized spacial score (nSPS) is 18.9. The Morgan fingerprint density at radius 1 is 1.15 bits per heavy atom. The number of rotatable bonds is 20. The Morgan fingerprint density at radius 3 is 2.68 bits per heavy atom. The molecule has 0 aliphatic carbocycles. The van der Waals surface area contributed by atoms with Crippen LogP contribution in [0.4, 0.5) is 0 Å². The van der Waals surface area contributed by atoms with Gasteiger partial charge in [0.05, 0.1) is 18.1 Å². The van der Waals surface area contributed by atoms with Gasteiger partial charge in [0.25, 0.3) is 0 Å². The molecule has 0 spiro atoms. The molecule has 9 heteroatoms. The van der Waals surface area contributed by atoms with Gasteiger partial charge in [-0.3, -0.25) is 0 Å². The minimum absolute atomic E-state index is 0.000605. The number of aryl methyl sites for hydroxylation is 1. The first-order valence-electron chi connectivity index (χ1n) is 15.0. The zero-order valence-corrected chi connectivity index (χ0v) is 24.6. The second-order valence-corrected chi connectivity index (χ2v) is 11.2. The summed E-state index contributed by atoms with van der Waals surface area (Å²) in [4.78, 5) is 4.35. The number of nitrogens with two attached hydrogens (primary N) is 1. The maximum Gasteiger partial charge on any atom is 0.181 e. The van der Waals surface area contributed by atoms with Crippen LogP contribution in [-0.2, 0) is 11.2 Å². The standard InChI is InChI=1S/C32H49N3O6/c1-22(17-34-18-23(2)37)25-16-28(35-19-25)30(39)21-40-32-14-24(10-12-29(32)38)9-11-27-15-26(20-36)31(41-27)8-6-4-3-5-7-13-33/h10,12,14-16,19,22-23,30-31,34,36-39H,3-9,11,13,17-18,20-21,33H2,1-2H3. The Bertz CT molecular complexity index is 1010. The quantitative estimate of drug-likeness (QED) is 0.103. The van der Waals surface area contributed by atoms with E-state index in [4.69, 9.17) is 15.2 Å². The lowest BCUT2D eigenvalue weighted by atomic mass is 10.0. The summed E-state index contributed by atoms with van der Waals surface area (Å²) in [7, 11) is 0. The predicted octanol–water partition coefficient (Wildman–Crippen LogP) is 3.36. The van der Waals surface area contributed by atoms with Gasteiger partial charge >= 0.3 is 0 Å². The lowest BCUT2D eigenvalue weighted by molar-refractivity contribution is 0.102. The molecule has 4 unspecified atom stereocenters. The monoisotopic (exact) mass is 571 g/mol. The number of ether oxygens (including phenoxy) is 2. The fourth-order valence-corrected chi connectivity index (χ4v) is 4.94. The van der Waals surface area contributed by atoms with Crippen LogP contribution in [0.15, 0.2) is 46.5 Å². The molecule has 0 saturated carbocycles. The molecule has 3 rings (SSSR count). The lowest BCUT2D eigenvalue weighted by Crippen LogP contribution is -2.29. The highest BCUT2D eigenvalue weighted by atomic mass is 16.5. The van der Waals surface area contributed by atoms with Gasteiger partial charge in [-0.15, -0.1) is 4.99 Å². The van der Waals surface area contributed by atoms with Crippen molar-refractivity contribution in [2.24, 2.45) is 16.6 Å². The van der Waals surface area contributed by atoms with Gasteiger partial charge in [0, 0.05) is 25.8 Å². The van der Waals surface area contributed by atoms with Gasteiger partial charge in [-0.25, -0.2) is 0 Å². The van der Waals surface area contributed by atoms with Crippen molar-refractivity contribution >= 4 is 6.21 Å². The first-order chi connectivity index (χ1) is 19.8. The van der Waals surface area contributed by atoms with Crippen LogP contribution in [0.2, 0.25) is 0 Å². The van der Waals surface area contributed by atoms with Crippen molar-refractivity contribution in [3.63, 3.8) is 0 Å². The van der Waals surface area contributed by atoms with Gasteiger partial charge in [0.2, 0.25) is 0 Å². The zero-order chi connectivity index (χ0) is 29.6. The molecule has 2 heterocycles. The molecule has 4 atom stereocenters. The molecule has 0 bridgehead atoms. The van der Waals surface area contributed by atoms with Crippen LogP contribution in [-0.4, -0.2) is 77.8 Å². The van der Waals surface area contributed by atoms with Gasteiger partial charge in [-0.2, -0.15) is 11.6 Å². The van der Waals surface area contributed by atoms with E-state index in [0.29, 0.717) is 37.7 Å². The third kappa shape index (κ3) is 11.0. The summed E-state index contributed by atoms with van der Waals surface area (Å²) in [5, 5.41) is 43.4. The molecule has 1 aromatic rings. The van der Waals surface area contributed by atoms with E-state index >= 15 is 0 Å². The van der Waals surface area contributed by atoms with E-state index < -0.39 is 12.2 Å². The highest BCUT2D eigenvalue weighted by molar-refractivity contribution is 5.84. The molecule has 0 fully saturated rings. The molecule has 41 heavy (non-hydrogen) atoms. The second kappa shape index (κ2) is 17.4. The van der Waals surface area contributed by atoms with Crippen LogP contribution in [0, 0.1) is 18.1 Å². The summed E-state index contributed by atoms with van der Waals surface area (Å²) in [5.74, 6) is 0.491. The van der Waals surface area contributed by atoms with Gasteiger partial charge in [0.15, 0.2) is 29.9 Å². The molecule has 2 aliphatic rings. The van der Waals surface area contributed by atoms with Crippen LogP contribution >= 0.6 is 0 Å². The van der Waals surface area contributed by atoms with E-state index in [-0.39, 0.29) is 31.0 Å². The number of aliphatic imine (C=N–C) groups is 1. The first kappa shape index (κ1) is 33.0. The number of unbranched alkanes of at least 4 members (excludes halogenated alkanes) is 4. The molecule has 0 saturated heterocycles. The van der Waals surface area contributed by atoms with Crippen molar-refractivity contribution in [1.29, 1.82) is 0 Å². The van der Waals surface area contributed by atoms with E-state index in [1.807, 2.05) is 18.2 Å². The largest absolute Gasteiger partial charge is 0.504 e. The number of aliphatic hydroxyl groups excluding tert-OH is 3. The lowest BCUT2D eigenvalue weighted by Gasteiger charge is -2.24. The molecule has 7 N–H and O–H groups in total. The van der Waals surface area contributed by atoms with Gasteiger partial charge in [-0.05, 0) is 57.4 Å². The number of benzene rings is 1. The topological polar surface area (TPSA) is 150 Å². The fraction of sp³-hybridized carbons (Fsp3) is 0.594. The van der Waals surface area contributed by atoms with Crippen molar-refractivity contribution < 1.29 is 29.9 Å².